The summed E-state index contributed by atoms with van der Waals surface area (Å²) >= 11 is 0. The van der Waals surface area contributed by atoms with Crippen LogP contribution < -0.4 is 14.2 Å². The fraction of sp³-hybridized carbons (Fsp3) is 0.333. The van der Waals surface area contributed by atoms with E-state index in [0.29, 0.717) is 9.79 Å². The Morgan fingerprint density at radius 1 is 0.792 bits per heavy atom. The summed E-state index contributed by atoms with van der Waals surface area (Å²) in [6.07, 6.45) is -22.2. The van der Waals surface area contributed by atoms with Crippen molar-refractivity contribution in [2.24, 2.45) is 0 Å². The molecule has 8 nitrogen and oxygen atoms in total. The fourth-order valence-corrected chi connectivity index (χ4v) is 6.78. The van der Waals surface area contributed by atoms with Crippen molar-refractivity contribution in [3.8, 4) is 23.0 Å². The van der Waals surface area contributed by atoms with Gasteiger partial charge in [0.05, 0.1) is 0 Å². The summed E-state index contributed by atoms with van der Waals surface area (Å²) < 4.78 is 204. The van der Waals surface area contributed by atoms with Crippen molar-refractivity contribution >= 4 is 21.0 Å². The minimum absolute atomic E-state index is 0.122. The van der Waals surface area contributed by atoms with Gasteiger partial charge >= 0.3 is 33.9 Å². The maximum absolute atomic E-state index is 14.1. The molecule has 264 valence electrons. The molecule has 0 spiro atoms. The van der Waals surface area contributed by atoms with Gasteiger partial charge in [0.2, 0.25) is 9.79 Å². The molecule has 1 aliphatic heterocycles. The highest BCUT2D eigenvalue weighted by Crippen LogP contribution is 2.50. The lowest BCUT2D eigenvalue weighted by Crippen LogP contribution is -2.62. The molecular formula is C27H20F11O8S2+. The van der Waals surface area contributed by atoms with Gasteiger partial charge in [-0.15, -0.1) is 0 Å². The summed E-state index contributed by atoms with van der Waals surface area (Å²) in [7, 11) is -7.00. The van der Waals surface area contributed by atoms with E-state index in [0.717, 1.165) is 37.4 Å². The van der Waals surface area contributed by atoms with Crippen LogP contribution in [0.2, 0.25) is 0 Å². The summed E-state index contributed by atoms with van der Waals surface area (Å²) in [5.74, 6) is -1.48. The lowest BCUT2D eigenvalue weighted by Gasteiger charge is -2.36. The van der Waals surface area contributed by atoms with Gasteiger partial charge in [0.15, 0.2) is 16.4 Å². The fourth-order valence-electron chi connectivity index (χ4n) is 4.15. The van der Waals surface area contributed by atoms with Gasteiger partial charge in [-0.2, -0.15) is 56.7 Å². The molecule has 3 aromatic rings. The van der Waals surface area contributed by atoms with Crippen LogP contribution in [-0.4, -0.2) is 69.0 Å². The molecule has 0 amide bonds. The smallest absolute Gasteiger partial charge is 0.432 e. The third-order valence-electron chi connectivity index (χ3n) is 6.46. The molecule has 0 saturated heterocycles. The topological polar surface area (TPSA) is 101 Å². The molecule has 4 rings (SSSR count). The second kappa shape index (κ2) is 13.1. The number of ether oxygens (including phenoxy) is 5. The van der Waals surface area contributed by atoms with E-state index in [1.807, 2.05) is 0 Å². The van der Waals surface area contributed by atoms with Crippen LogP contribution in [0.1, 0.15) is 0 Å². The Morgan fingerprint density at radius 3 is 1.90 bits per heavy atom. The largest absolute Gasteiger partial charge is 0.490 e. The number of halogens is 11. The number of rotatable bonds is 11. The lowest BCUT2D eigenvalue weighted by atomic mass is 10.0. The third kappa shape index (κ3) is 7.24. The first kappa shape index (κ1) is 37.3. The Bertz CT molecular complexity index is 1700. The quantitative estimate of drug-likeness (QED) is 0.0728. The van der Waals surface area contributed by atoms with E-state index < -0.39 is 81.4 Å². The van der Waals surface area contributed by atoms with E-state index in [1.165, 1.54) is 24.3 Å². The average Bonchev–Trinajstić information content (AvgIpc) is 2.96. The van der Waals surface area contributed by atoms with Gasteiger partial charge in [-0.05, 0) is 42.5 Å². The Hall–Kier alpha value is -3.53. The van der Waals surface area contributed by atoms with Crippen LogP contribution in [0.15, 0.2) is 81.4 Å². The van der Waals surface area contributed by atoms with Gasteiger partial charge in [0.25, 0.3) is 11.7 Å². The van der Waals surface area contributed by atoms with E-state index in [2.05, 4.69) is 14.2 Å². The molecule has 1 N–H and O–H groups in total. The van der Waals surface area contributed by atoms with E-state index in [1.54, 1.807) is 12.1 Å². The standard InChI is InChI=1S/C27H19F11O8S2/c1-42-14-44-23(26(33,34)35,27(36,37)38)13-43-15-6-9-17(10-7-15)47-20-5-3-2-4-18(20)46-19-12-16(8-11-21(19)47)45-22(24(28,29)30)25(31,32)48(39,40)41/h2-12,22H,13-14H2,1H3/p+1. The molecule has 0 aromatic heterocycles. The maximum Gasteiger partial charge on any atom is 0.432 e. The Morgan fingerprint density at radius 2 is 1.35 bits per heavy atom. The molecule has 0 saturated carbocycles. The summed E-state index contributed by atoms with van der Waals surface area (Å²) in [4.78, 5) is 1.01. The lowest BCUT2D eigenvalue weighted by molar-refractivity contribution is -0.397. The molecule has 2 unspecified atom stereocenters. The molecule has 0 fully saturated rings. The summed E-state index contributed by atoms with van der Waals surface area (Å²) in [6.45, 7) is -3.40. The van der Waals surface area contributed by atoms with Crippen molar-refractivity contribution in [2.45, 2.75) is 50.2 Å². The Kier molecular flexibility index (Phi) is 10.1. The molecule has 48 heavy (non-hydrogen) atoms. The molecular weight excluding hydrogens is 725 g/mol. The normalized spacial score (nSPS) is 16.4. The highest BCUT2D eigenvalue weighted by Gasteiger charge is 2.73. The van der Waals surface area contributed by atoms with Crippen LogP contribution in [0.3, 0.4) is 0 Å². The number of alkyl halides is 11. The average molecular weight is 746 g/mol. The van der Waals surface area contributed by atoms with E-state index in [9.17, 15) is 56.7 Å². The van der Waals surface area contributed by atoms with Gasteiger partial charge < -0.3 is 23.7 Å². The highest BCUT2D eigenvalue weighted by atomic mass is 32.2. The van der Waals surface area contributed by atoms with Crippen LogP contribution >= 0.6 is 0 Å². The second-order valence-corrected chi connectivity index (χ2v) is 13.1. The molecule has 2 atom stereocenters. The minimum Gasteiger partial charge on any atom is -0.490 e. The van der Waals surface area contributed by atoms with Crippen molar-refractivity contribution in [1.29, 1.82) is 0 Å². The van der Waals surface area contributed by atoms with Crippen molar-refractivity contribution in [3.05, 3.63) is 66.7 Å². The number of hydrogen-bond donors (Lipinski definition) is 1. The summed E-state index contributed by atoms with van der Waals surface area (Å²) in [5.41, 5.74) is -4.74. The molecule has 1 aliphatic rings. The molecule has 21 heteroatoms. The maximum atomic E-state index is 14.1. The van der Waals surface area contributed by atoms with Crippen molar-refractivity contribution in [2.75, 3.05) is 20.5 Å². The number of fused-ring (bicyclic) bond motifs is 2. The zero-order chi connectivity index (χ0) is 35.9. The number of para-hydroxylation sites is 1. The van der Waals surface area contributed by atoms with Gasteiger partial charge in [-0.25, -0.2) is 0 Å². The molecule has 0 bridgehead atoms. The van der Waals surface area contributed by atoms with E-state index >= 15 is 0 Å². The van der Waals surface area contributed by atoms with Crippen LogP contribution in [0.5, 0.6) is 23.0 Å². The van der Waals surface area contributed by atoms with Crippen molar-refractivity contribution < 1.29 is 84.9 Å². The van der Waals surface area contributed by atoms with Gasteiger partial charge in [-0.1, -0.05) is 12.1 Å². The first-order valence-electron chi connectivity index (χ1n) is 12.8. The summed E-state index contributed by atoms with van der Waals surface area (Å²) in [5, 5.41) is -5.81. The first-order valence-corrected chi connectivity index (χ1v) is 15.4. The number of benzene rings is 3. The third-order valence-corrected chi connectivity index (χ3v) is 9.66. The number of methoxy groups -OCH3 is 1. The highest BCUT2D eigenvalue weighted by molar-refractivity contribution is 7.97. The van der Waals surface area contributed by atoms with E-state index in [-0.39, 0.29) is 16.4 Å². The first-order chi connectivity index (χ1) is 22.0. The van der Waals surface area contributed by atoms with Gasteiger partial charge in [0.1, 0.15) is 35.8 Å². The van der Waals surface area contributed by atoms with Crippen LogP contribution in [0, 0.1) is 0 Å². The van der Waals surface area contributed by atoms with Crippen molar-refractivity contribution in [1.82, 2.24) is 0 Å². The molecule has 0 radical (unpaired) electrons. The Labute approximate surface area is 266 Å². The number of hydrogen-bond acceptors (Lipinski definition) is 7. The SMILES string of the molecule is COCOC(COc1ccc([S+]2c3ccccc3Oc3cc(OC(C(F)(F)F)C(F)(F)S(=O)(=O)O)ccc32)cc1)(C(F)(F)F)C(F)(F)F. The van der Waals surface area contributed by atoms with Gasteiger partial charge in [0, 0.05) is 19.2 Å². The zero-order valence-electron chi connectivity index (χ0n) is 23.6. The predicted molar refractivity (Wildman–Crippen MR) is 142 cm³/mol. The molecule has 1 heterocycles. The minimum atomic E-state index is -6.58. The summed E-state index contributed by atoms with van der Waals surface area (Å²) in [6, 6.07) is 13.4. The van der Waals surface area contributed by atoms with Gasteiger partial charge in [-0.3, -0.25) is 4.55 Å². The predicted octanol–water partition coefficient (Wildman–Crippen LogP) is 7.54. The monoisotopic (exact) mass is 745 g/mol. The second-order valence-electron chi connectivity index (χ2n) is 9.67. The molecule has 3 aromatic carbocycles. The van der Waals surface area contributed by atoms with Crippen LogP contribution in [-0.2, 0) is 30.5 Å². The molecule has 0 aliphatic carbocycles. The zero-order valence-corrected chi connectivity index (χ0v) is 25.3. The van der Waals surface area contributed by atoms with Crippen LogP contribution in [0.4, 0.5) is 48.3 Å². The van der Waals surface area contributed by atoms with E-state index in [4.69, 9.17) is 14.0 Å². The van der Waals surface area contributed by atoms with Crippen molar-refractivity contribution in [3.63, 3.8) is 0 Å². The van der Waals surface area contributed by atoms with Crippen LogP contribution in [0.25, 0.3) is 0 Å². The Balaban J connectivity index is 1.68.